The van der Waals surface area contributed by atoms with E-state index in [2.05, 4.69) is 5.32 Å². The third kappa shape index (κ3) is 4.85. The van der Waals surface area contributed by atoms with E-state index >= 15 is 0 Å². The minimum absolute atomic E-state index is 0.0198. The normalized spacial score (nSPS) is 13.7. The molecule has 1 saturated heterocycles. The predicted octanol–water partition coefficient (Wildman–Crippen LogP) is 2.86. The molecule has 1 aliphatic rings. The van der Waals surface area contributed by atoms with E-state index in [1.165, 1.54) is 24.3 Å². The van der Waals surface area contributed by atoms with Gasteiger partial charge in [-0.05, 0) is 48.5 Å². The number of nitrogens with zero attached hydrogens (tertiary/aromatic N) is 3. The molecule has 1 N–H and O–H groups in total. The number of nitrogens with one attached hydrogen (secondary N) is 1. The van der Waals surface area contributed by atoms with Crippen LogP contribution in [-0.4, -0.2) is 58.3 Å². The number of halogens is 1. The van der Waals surface area contributed by atoms with Gasteiger partial charge in [0.15, 0.2) is 0 Å². The van der Waals surface area contributed by atoms with Gasteiger partial charge in [0.2, 0.25) is 5.91 Å². The van der Waals surface area contributed by atoms with Crippen LogP contribution in [0, 0.1) is 5.82 Å². The van der Waals surface area contributed by atoms with E-state index in [-0.39, 0.29) is 24.3 Å². The maximum Gasteiger partial charge on any atom is 0.270 e. The first-order valence-electron chi connectivity index (χ1n) is 10.4. The molecule has 2 heterocycles. The van der Waals surface area contributed by atoms with Gasteiger partial charge >= 0.3 is 0 Å². The predicted molar refractivity (Wildman–Crippen MR) is 118 cm³/mol. The van der Waals surface area contributed by atoms with E-state index in [1.54, 1.807) is 44.8 Å². The van der Waals surface area contributed by atoms with Crippen molar-refractivity contribution in [3.63, 3.8) is 0 Å². The number of hydrogen-bond donors (Lipinski definition) is 1. The summed E-state index contributed by atoms with van der Waals surface area (Å²) < 4.78 is 14.7. The summed E-state index contributed by atoms with van der Waals surface area (Å²) in [4.78, 5) is 41.3. The first-order valence-corrected chi connectivity index (χ1v) is 10.4. The number of anilines is 1. The highest BCUT2D eigenvalue weighted by atomic mass is 19.1. The van der Waals surface area contributed by atoms with E-state index in [9.17, 15) is 18.8 Å². The maximum absolute atomic E-state index is 13.1. The maximum atomic E-state index is 13.1. The fraction of sp³-hybridized carbons (Fsp3) is 0.208. The average molecular weight is 434 g/mol. The number of rotatable bonds is 5. The minimum Gasteiger partial charge on any atom is -0.335 e. The highest BCUT2D eigenvalue weighted by Gasteiger charge is 2.27. The molecule has 32 heavy (non-hydrogen) atoms. The Balaban J connectivity index is 1.35. The Morgan fingerprint density at radius 2 is 1.41 bits per heavy atom. The van der Waals surface area contributed by atoms with E-state index < -0.39 is 5.82 Å². The average Bonchev–Trinajstić information content (AvgIpc) is 3.27. The summed E-state index contributed by atoms with van der Waals surface area (Å²) in [7, 11) is 0. The number of amides is 3. The topological polar surface area (TPSA) is 74.7 Å². The van der Waals surface area contributed by atoms with Gasteiger partial charge in [-0.25, -0.2) is 4.39 Å². The fourth-order valence-electron chi connectivity index (χ4n) is 3.67. The van der Waals surface area contributed by atoms with E-state index in [4.69, 9.17) is 0 Å². The second kappa shape index (κ2) is 9.47. The Hall–Kier alpha value is -3.94. The van der Waals surface area contributed by atoms with Crippen LogP contribution in [0.25, 0.3) is 0 Å². The molecule has 1 aromatic heterocycles. The Labute approximate surface area is 185 Å². The number of carbonyl (C=O) groups excluding carboxylic acids is 3. The van der Waals surface area contributed by atoms with Crippen molar-refractivity contribution < 1.29 is 18.8 Å². The van der Waals surface area contributed by atoms with Gasteiger partial charge < -0.3 is 19.7 Å². The summed E-state index contributed by atoms with van der Waals surface area (Å²) in [6.07, 6.45) is 1.70. The Morgan fingerprint density at radius 1 is 0.781 bits per heavy atom. The zero-order chi connectivity index (χ0) is 22.5. The number of benzene rings is 2. The molecule has 0 bridgehead atoms. The molecular weight excluding hydrogens is 411 g/mol. The van der Waals surface area contributed by atoms with Gasteiger partial charge in [0.05, 0.1) is 0 Å². The molecule has 3 amide bonds. The Bertz CT molecular complexity index is 1100. The van der Waals surface area contributed by atoms with Gasteiger partial charge in [-0.1, -0.05) is 18.2 Å². The highest BCUT2D eigenvalue weighted by Crippen LogP contribution is 2.14. The van der Waals surface area contributed by atoms with Gasteiger partial charge in [-0.15, -0.1) is 0 Å². The van der Waals surface area contributed by atoms with E-state index in [0.717, 1.165) is 0 Å². The van der Waals surface area contributed by atoms with Crippen LogP contribution < -0.4 is 5.32 Å². The lowest BCUT2D eigenvalue weighted by Gasteiger charge is -2.35. The smallest absolute Gasteiger partial charge is 0.270 e. The van der Waals surface area contributed by atoms with Gasteiger partial charge in [-0.3, -0.25) is 14.4 Å². The summed E-state index contributed by atoms with van der Waals surface area (Å²) >= 11 is 0. The van der Waals surface area contributed by atoms with Crippen molar-refractivity contribution in [1.82, 2.24) is 14.4 Å². The van der Waals surface area contributed by atoms with Gasteiger partial charge in [-0.2, -0.15) is 0 Å². The molecule has 4 rings (SSSR count). The Kier molecular flexibility index (Phi) is 6.30. The van der Waals surface area contributed by atoms with Crippen LogP contribution in [0.3, 0.4) is 0 Å². The minimum atomic E-state index is -0.391. The molecule has 0 unspecified atom stereocenters. The second-order valence-corrected chi connectivity index (χ2v) is 7.53. The third-order valence-electron chi connectivity index (χ3n) is 5.37. The van der Waals surface area contributed by atoms with Gasteiger partial charge in [0.1, 0.15) is 18.1 Å². The quantitative estimate of drug-likeness (QED) is 0.671. The first-order chi connectivity index (χ1) is 15.5. The monoisotopic (exact) mass is 434 g/mol. The highest BCUT2D eigenvalue weighted by molar-refractivity contribution is 5.96. The van der Waals surface area contributed by atoms with Crippen molar-refractivity contribution in [2.75, 3.05) is 31.5 Å². The van der Waals surface area contributed by atoms with Crippen LogP contribution in [0.15, 0.2) is 72.9 Å². The van der Waals surface area contributed by atoms with Crippen LogP contribution in [0.1, 0.15) is 20.8 Å². The van der Waals surface area contributed by atoms with Gasteiger partial charge in [0, 0.05) is 43.6 Å². The zero-order valence-corrected chi connectivity index (χ0v) is 17.4. The van der Waals surface area contributed by atoms with Crippen LogP contribution in [0.2, 0.25) is 0 Å². The SMILES string of the molecule is O=C(Cn1cccc1C(=O)N1CCN(C(=O)c2ccc(F)cc2)CC1)Nc1ccccc1. The molecule has 0 spiro atoms. The lowest BCUT2D eigenvalue weighted by molar-refractivity contribution is -0.116. The molecule has 1 aliphatic heterocycles. The number of para-hydroxylation sites is 1. The van der Waals surface area contributed by atoms with Crippen molar-refractivity contribution in [3.05, 3.63) is 90.0 Å². The molecule has 0 atom stereocenters. The lowest BCUT2D eigenvalue weighted by Crippen LogP contribution is -2.51. The summed E-state index contributed by atoms with van der Waals surface area (Å²) in [6, 6.07) is 18.0. The summed E-state index contributed by atoms with van der Waals surface area (Å²) in [6.45, 7) is 1.56. The van der Waals surface area contributed by atoms with Crippen LogP contribution in [0.4, 0.5) is 10.1 Å². The second-order valence-electron chi connectivity index (χ2n) is 7.53. The van der Waals surface area contributed by atoms with Crippen molar-refractivity contribution in [2.45, 2.75) is 6.54 Å². The van der Waals surface area contributed by atoms with Gasteiger partial charge in [0.25, 0.3) is 11.8 Å². The van der Waals surface area contributed by atoms with Crippen LogP contribution in [-0.2, 0) is 11.3 Å². The Morgan fingerprint density at radius 3 is 2.06 bits per heavy atom. The molecule has 0 aliphatic carbocycles. The third-order valence-corrected chi connectivity index (χ3v) is 5.37. The number of aromatic nitrogens is 1. The van der Waals surface area contributed by atoms with Crippen LogP contribution >= 0.6 is 0 Å². The summed E-state index contributed by atoms with van der Waals surface area (Å²) in [5, 5.41) is 2.81. The summed E-state index contributed by atoms with van der Waals surface area (Å²) in [5.41, 5.74) is 1.54. The molecule has 7 nitrogen and oxygen atoms in total. The number of piperazine rings is 1. The molecule has 164 valence electrons. The fourth-order valence-corrected chi connectivity index (χ4v) is 3.67. The van der Waals surface area contributed by atoms with Crippen molar-refractivity contribution in [1.29, 1.82) is 0 Å². The van der Waals surface area contributed by atoms with E-state index in [0.29, 0.717) is 43.1 Å². The lowest BCUT2D eigenvalue weighted by atomic mass is 10.1. The molecule has 1 fully saturated rings. The molecule has 0 radical (unpaired) electrons. The van der Waals surface area contributed by atoms with Crippen molar-refractivity contribution >= 4 is 23.4 Å². The molecule has 8 heteroatoms. The zero-order valence-electron chi connectivity index (χ0n) is 17.4. The van der Waals surface area contributed by atoms with Crippen LogP contribution in [0.5, 0.6) is 0 Å². The first kappa shape index (κ1) is 21.3. The van der Waals surface area contributed by atoms with Crippen molar-refractivity contribution in [2.24, 2.45) is 0 Å². The number of carbonyl (C=O) groups is 3. The largest absolute Gasteiger partial charge is 0.335 e. The molecular formula is C24H23FN4O3. The molecule has 2 aromatic carbocycles. The van der Waals surface area contributed by atoms with E-state index in [1.807, 2.05) is 18.2 Å². The standard InChI is InChI=1S/C24H23FN4O3/c25-19-10-8-18(9-11-19)23(31)27-13-15-28(16-14-27)24(32)21-7-4-12-29(21)17-22(30)26-20-5-2-1-3-6-20/h1-12H,13-17H2,(H,26,30). The van der Waals surface area contributed by atoms with Crippen molar-refractivity contribution in [3.8, 4) is 0 Å². The molecule has 0 saturated carbocycles. The molecule has 3 aromatic rings. The summed E-state index contributed by atoms with van der Waals surface area (Å²) in [5.74, 6) is -0.983. The number of hydrogen-bond acceptors (Lipinski definition) is 3.